The Labute approximate surface area is 211 Å². The third-order valence-corrected chi connectivity index (χ3v) is 7.10. The molecule has 2 aliphatic heterocycles. The van der Waals surface area contributed by atoms with Crippen LogP contribution in [-0.4, -0.2) is 31.7 Å². The second-order valence-electron chi connectivity index (χ2n) is 9.30. The summed E-state index contributed by atoms with van der Waals surface area (Å²) in [5.41, 5.74) is 2.12. The van der Waals surface area contributed by atoms with Crippen LogP contribution in [0.2, 0.25) is 0 Å². The molecule has 37 heavy (non-hydrogen) atoms. The predicted octanol–water partition coefficient (Wildman–Crippen LogP) is 4.93. The van der Waals surface area contributed by atoms with Crippen molar-refractivity contribution in [3.63, 3.8) is 0 Å². The quantitative estimate of drug-likeness (QED) is 0.493. The Morgan fingerprint density at radius 3 is 2.59 bits per heavy atom. The lowest BCUT2D eigenvalue weighted by Gasteiger charge is -2.33. The second-order valence-corrected chi connectivity index (χ2v) is 9.30. The van der Waals surface area contributed by atoms with Crippen molar-refractivity contribution in [2.45, 2.75) is 30.4 Å². The first kappa shape index (κ1) is 23.3. The van der Waals surface area contributed by atoms with Crippen molar-refractivity contribution >= 4 is 11.9 Å². The first-order valence-corrected chi connectivity index (χ1v) is 11.9. The molecule has 6 rings (SSSR count). The fourth-order valence-corrected chi connectivity index (χ4v) is 5.18. The van der Waals surface area contributed by atoms with Crippen LogP contribution < -0.4 is 19.5 Å². The smallest absolute Gasteiger partial charge is 0.337 e. The summed E-state index contributed by atoms with van der Waals surface area (Å²) in [6, 6.07) is 18.1. The maximum Gasteiger partial charge on any atom is 0.337 e. The van der Waals surface area contributed by atoms with E-state index in [2.05, 4.69) is 5.32 Å². The average Bonchev–Trinajstić information content (AvgIpc) is 3.22. The number of hydrogen-bond donors (Lipinski definition) is 1. The van der Waals surface area contributed by atoms with Gasteiger partial charge in [0, 0.05) is 12.0 Å². The standard InChI is InChI=1S/C28H23F2NO6/c1-34-27(33)17-6-4-5-15(11-17)22-13-19(18-7-2-3-8-20(18)37-22)31-26(32)25-24(28(25,29)30)16-9-10-21-23(12-16)36-14-35-21/h2-12,19,22,24-25H,13-14H2,1H3,(H,31,32)/t19-,22-,24?,25?/m1/s1. The molecule has 4 atom stereocenters. The Hall–Kier alpha value is -4.14. The van der Waals surface area contributed by atoms with E-state index in [1.165, 1.54) is 13.2 Å². The summed E-state index contributed by atoms with van der Waals surface area (Å²) in [5.74, 6) is -5.69. The van der Waals surface area contributed by atoms with Gasteiger partial charge in [-0.25, -0.2) is 13.6 Å². The molecule has 0 aromatic heterocycles. The maximum absolute atomic E-state index is 14.9. The van der Waals surface area contributed by atoms with E-state index in [4.69, 9.17) is 18.9 Å². The van der Waals surface area contributed by atoms with Gasteiger partial charge in [-0.15, -0.1) is 0 Å². The normalized spacial score (nSPS) is 24.4. The number of esters is 1. The minimum absolute atomic E-state index is 0.0383. The summed E-state index contributed by atoms with van der Waals surface area (Å²) >= 11 is 0. The van der Waals surface area contributed by atoms with Crippen molar-refractivity contribution in [1.29, 1.82) is 0 Å². The van der Waals surface area contributed by atoms with Gasteiger partial charge in [-0.1, -0.05) is 36.4 Å². The first-order chi connectivity index (χ1) is 17.9. The SMILES string of the molecule is COC(=O)c1cccc([C@H]2C[C@@H](NC(=O)C3C(c4ccc5c(c4)OCO5)C3(F)F)c3ccccc3O2)c1. The number of carbonyl (C=O) groups excluding carboxylic acids is 2. The topological polar surface area (TPSA) is 83.1 Å². The van der Waals surface area contributed by atoms with Gasteiger partial charge in [0.1, 0.15) is 17.8 Å². The lowest BCUT2D eigenvalue weighted by molar-refractivity contribution is -0.125. The zero-order chi connectivity index (χ0) is 25.7. The lowest BCUT2D eigenvalue weighted by atomic mass is 9.92. The van der Waals surface area contributed by atoms with Gasteiger partial charge in [0.05, 0.1) is 24.6 Å². The molecular weight excluding hydrogens is 484 g/mol. The molecule has 2 heterocycles. The van der Waals surface area contributed by atoms with Crippen molar-refractivity contribution in [2.24, 2.45) is 5.92 Å². The van der Waals surface area contributed by atoms with Crippen LogP contribution in [0.5, 0.6) is 17.2 Å². The highest BCUT2D eigenvalue weighted by atomic mass is 19.3. The van der Waals surface area contributed by atoms with Crippen LogP contribution in [0.1, 0.15) is 51.5 Å². The monoisotopic (exact) mass is 507 g/mol. The maximum atomic E-state index is 14.9. The van der Waals surface area contributed by atoms with Gasteiger partial charge in [-0.3, -0.25) is 4.79 Å². The minimum Gasteiger partial charge on any atom is -0.485 e. The van der Waals surface area contributed by atoms with Gasteiger partial charge in [0.25, 0.3) is 5.92 Å². The molecular formula is C28H23F2NO6. The minimum atomic E-state index is -3.18. The van der Waals surface area contributed by atoms with Gasteiger partial charge in [0.15, 0.2) is 11.5 Å². The molecule has 3 aromatic carbocycles. The van der Waals surface area contributed by atoms with Gasteiger partial charge < -0.3 is 24.3 Å². The Kier molecular flexibility index (Phi) is 5.51. The Balaban J connectivity index is 1.24. The number of rotatable bonds is 5. The van der Waals surface area contributed by atoms with Crippen LogP contribution in [0.25, 0.3) is 0 Å². The van der Waals surface area contributed by atoms with Crippen LogP contribution in [0, 0.1) is 5.92 Å². The average molecular weight is 507 g/mol. The van der Waals surface area contributed by atoms with E-state index in [0.29, 0.717) is 45.9 Å². The number of fused-ring (bicyclic) bond motifs is 2. The molecule has 0 spiro atoms. The van der Waals surface area contributed by atoms with Crippen molar-refractivity contribution in [3.05, 3.63) is 89.0 Å². The molecule has 9 heteroatoms. The Morgan fingerprint density at radius 1 is 0.946 bits per heavy atom. The van der Waals surface area contributed by atoms with E-state index in [0.717, 1.165) is 0 Å². The van der Waals surface area contributed by atoms with E-state index >= 15 is 0 Å². The summed E-state index contributed by atoms with van der Waals surface area (Å²) in [4.78, 5) is 25.2. The third-order valence-electron chi connectivity index (χ3n) is 7.10. The molecule has 3 aromatic rings. The van der Waals surface area contributed by atoms with Gasteiger partial charge in [0.2, 0.25) is 12.7 Å². The summed E-state index contributed by atoms with van der Waals surface area (Å²) < 4.78 is 51.3. The van der Waals surface area contributed by atoms with E-state index in [-0.39, 0.29) is 6.79 Å². The van der Waals surface area contributed by atoms with Gasteiger partial charge >= 0.3 is 5.97 Å². The predicted molar refractivity (Wildman–Crippen MR) is 127 cm³/mol. The van der Waals surface area contributed by atoms with Gasteiger partial charge in [-0.05, 0) is 41.5 Å². The molecule has 2 unspecified atom stereocenters. The summed E-state index contributed by atoms with van der Waals surface area (Å²) in [5, 5.41) is 2.85. The lowest BCUT2D eigenvalue weighted by Crippen LogP contribution is -2.35. The summed E-state index contributed by atoms with van der Waals surface area (Å²) in [6.07, 6.45) is -0.199. The number of ether oxygens (including phenoxy) is 4. The van der Waals surface area contributed by atoms with E-state index < -0.39 is 41.8 Å². The van der Waals surface area contributed by atoms with Crippen LogP contribution in [0.3, 0.4) is 0 Å². The van der Waals surface area contributed by atoms with Crippen molar-refractivity contribution in [1.82, 2.24) is 5.32 Å². The fourth-order valence-electron chi connectivity index (χ4n) is 5.18. The fraction of sp³-hybridized carbons (Fsp3) is 0.286. The number of halogens is 2. The van der Waals surface area contributed by atoms with Crippen LogP contribution >= 0.6 is 0 Å². The summed E-state index contributed by atoms with van der Waals surface area (Å²) in [7, 11) is 1.30. The number of para-hydroxylation sites is 1. The largest absolute Gasteiger partial charge is 0.485 e. The molecule has 0 bridgehead atoms. The van der Waals surface area contributed by atoms with Crippen LogP contribution in [-0.2, 0) is 9.53 Å². The van der Waals surface area contributed by atoms with Crippen molar-refractivity contribution in [3.8, 4) is 17.2 Å². The Bertz CT molecular complexity index is 1390. The van der Waals surface area contributed by atoms with Crippen LogP contribution in [0.4, 0.5) is 8.78 Å². The molecule has 1 fully saturated rings. The first-order valence-electron chi connectivity index (χ1n) is 11.9. The molecule has 3 aliphatic rings. The zero-order valence-electron chi connectivity index (χ0n) is 19.8. The van der Waals surface area contributed by atoms with E-state index in [1.54, 1.807) is 48.5 Å². The molecule has 1 amide bonds. The van der Waals surface area contributed by atoms with Crippen molar-refractivity contribution in [2.75, 3.05) is 13.9 Å². The molecule has 0 radical (unpaired) electrons. The van der Waals surface area contributed by atoms with E-state index in [9.17, 15) is 18.4 Å². The molecule has 1 saturated carbocycles. The number of methoxy groups -OCH3 is 1. The number of benzene rings is 3. The number of carbonyl (C=O) groups is 2. The van der Waals surface area contributed by atoms with Gasteiger partial charge in [-0.2, -0.15) is 0 Å². The molecule has 1 aliphatic carbocycles. The molecule has 7 nitrogen and oxygen atoms in total. The second kappa shape index (κ2) is 8.76. The number of hydrogen-bond acceptors (Lipinski definition) is 6. The molecule has 1 N–H and O–H groups in total. The van der Waals surface area contributed by atoms with E-state index in [1.807, 2.05) is 12.1 Å². The number of alkyl halides is 2. The molecule has 0 saturated heterocycles. The Morgan fingerprint density at radius 2 is 1.76 bits per heavy atom. The molecule has 190 valence electrons. The van der Waals surface area contributed by atoms with Crippen LogP contribution in [0.15, 0.2) is 66.7 Å². The highest BCUT2D eigenvalue weighted by molar-refractivity contribution is 5.89. The third kappa shape index (κ3) is 4.04. The zero-order valence-corrected chi connectivity index (χ0v) is 19.8. The van der Waals surface area contributed by atoms with Crippen molar-refractivity contribution < 1.29 is 37.3 Å². The number of amides is 1. The highest BCUT2D eigenvalue weighted by Crippen LogP contribution is 2.62. The highest BCUT2D eigenvalue weighted by Gasteiger charge is 2.72. The number of nitrogens with one attached hydrogen (secondary N) is 1. The summed E-state index contributed by atoms with van der Waals surface area (Å²) in [6.45, 7) is 0.0383.